The van der Waals surface area contributed by atoms with E-state index in [-0.39, 0.29) is 14.9 Å². The number of halogens is 1. The van der Waals surface area contributed by atoms with Gasteiger partial charge in [0.15, 0.2) is 11.4 Å². The van der Waals surface area contributed by atoms with Crippen molar-refractivity contribution in [2.45, 2.75) is 5.09 Å². The van der Waals surface area contributed by atoms with E-state index in [0.29, 0.717) is 6.20 Å². The van der Waals surface area contributed by atoms with Gasteiger partial charge in [-0.2, -0.15) is 12.4 Å². The van der Waals surface area contributed by atoms with Crippen molar-refractivity contribution in [3.8, 4) is 5.88 Å². The highest BCUT2D eigenvalue weighted by Crippen LogP contribution is 2.26. The van der Waals surface area contributed by atoms with Gasteiger partial charge >= 0.3 is 15.7 Å². The minimum Gasteiger partial charge on any atom is -0.493 e. The topological polar surface area (TPSA) is 105 Å². The van der Waals surface area contributed by atoms with E-state index in [1.54, 1.807) is 0 Å². The molecule has 0 aliphatic heterocycles. The Morgan fingerprint density at radius 1 is 1.35 bits per heavy atom. The van der Waals surface area contributed by atoms with Crippen molar-refractivity contribution in [1.82, 2.24) is 8.96 Å². The second kappa shape index (κ2) is 3.97. The summed E-state index contributed by atoms with van der Waals surface area (Å²) in [6, 6.07) is 5.09. The number of aromatic nitrogens is 2. The molecule has 0 radical (unpaired) electrons. The fraction of sp³-hybridized carbons (Fsp3) is 0. The zero-order valence-electron chi connectivity index (χ0n) is 9.70. The van der Waals surface area contributed by atoms with Crippen LogP contribution in [0.2, 0.25) is 0 Å². The Kier molecular flexibility index (Phi) is 2.48. The molecule has 20 heavy (non-hydrogen) atoms. The number of rotatable bonds is 2. The fourth-order valence-corrected chi connectivity index (χ4v) is 2.93. The van der Waals surface area contributed by atoms with Gasteiger partial charge in [-0.15, -0.1) is 0 Å². The van der Waals surface area contributed by atoms with Crippen LogP contribution >= 0.6 is 0 Å². The lowest BCUT2D eigenvalue weighted by molar-refractivity contribution is 0.454. The fourth-order valence-electron chi connectivity index (χ4n) is 1.77. The van der Waals surface area contributed by atoms with Crippen LogP contribution in [0.25, 0.3) is 11.0 Å². The third kappa shape index (κ3) is 1.71. The van der Waals surface area contributed by atoms with Crippen molar-refractivity contribution in [3.63, 3.8) is 0 Å². The van der Waals surface area contributed by atoms with Crippen molar-refractivity contribution in [3.05, 3.63) is 46.8 Å². The maximum absolute atomic E-state index is 13.5. The van der Waals surface area contributed by atoms with Gasteiger partial charge in [-0.3, -0.25) is 4.98 Å². The largest absolute Gasteiger partial charge is 0.493 e. The number of furan rings is 1. The first-order valence-electron chi connectivity index (χ1n) is 5.34. The highest BCUT2D eigenvalue weighted by molar-refractivity contribution is 7.89. The number of para-hydroxylation sites is 1. The molecule has 0 unspecified atom stereocenters. The molecule has 0 saturated carbocycles. The molecule has 7 nitrogen and oxygen atoms in total. The first kappa shape index (κ1) is 12.5. The van der Waals surface area contributed by atoms with Crippen molar-refractivity contribution in [2.75, 3.05) is 0 Å². The molecule has 0 amide bonds. The number of H-pyrrole nitrogens is 1. The summed E-state index contributed by atoms with van der Waals surface area (Å²) in [5, 5.41) is 8.74. The molecule has 1 aromatic carbocycles. The van der Waals surface area contributed by atoms with Gasteiger partial charge in [0.25, 0.3) is 0 Å². The number of nitrogens with zero attached hydrogens (tertiary/aromatic N) is 1. The highest BCUT2D eigenvalue weighted by atomic mass is 32.2. The summed E-state index contributed by atoms with van der Waals surface area (Å²) >= 11 is 0. The van der Waals surface area contributed by atoms with Crippen molar-refractivity contribution in [2.24, 2.45) is 0 Å². The van der Waals surface area contributed by atoms with E-state index < -0.39 is 32.5 Å². The van der Waals surface area contributed by atoms with Gasteiger partial charge in [-0.05, 0) is 6.07 Å². The standard InChI is InChI=1S/C11H7FN2O5S/c12-7-3-1-2-6-4-9(19-10(6)7)20(17,18)14-5-8(15)13-11(14)16/h1-5,15H,(H,13,16). The van der Waals surface area contributed by atoms with Gasteiger partial charge in [0.1, 0.15) is 0 Å². The second-order valence-corrected chi connectivity index (χ2v) is 5.71. The van der Waals surface area contributed by atoms with Crippen LogP contribution in [-0.2, 0) is 10.0 Å². The van der Waals surface area contributed by atoms with Crippen LogP contribution in [0.15, 0.2) is 44.8 Å². The van der Waals surface area contributed by atoms with E-state index in [2.05, 4.69) is 0 Å². The Bertz CT molecular complexity index is 966. The number of fused-ring (bicyclic) bond motifs is 1. The number of aromatic hydroxyl groups is 1. The molecule has 3 rings (SSSR count). The zero-order chi connectivity index (χ0) is 14.5. The number of imidazole rings is 1. The minimum absolute atomic E-state index is 0.223. The van der Waals surface area contributed by atoms with Crippen molar-refractivity contribution >= 4 is 21.0 Å². The molecule has 3 aromatic rings. The molecule has 2 heterocycles. The molecule has 2 N–H and O–H groups in total. The smallest absolute Gasteiger partial charge is 0.342 e. The first-order valence-corrected chi connectivity index (χ1v) is 6.78. The lowest BCUT2D eigenvalue weighted by Gasteiger charge is -1.98. The van der Waals surface area contributed by atoms with E-state index in [9.17, 15) is 17.6 Å². The maximum atomic E-state index is 13.5. The third-order valence-electron chi connectivity index (χ3n) is 2.66. The van der Waals surface area contributed by atoms with Gasteiger partial charge in [-0.25, -0.2) is 9.18 Å². The number of hydrogen-bond donors (Lipinski definition) is 2. The predicted octanol–water partition coefficient (Wildman–Crippen LogP) is 1.00. The van der Waals surface area contributed by atoms with Crippen molar-refractivity contribution < 1.29 is 22.3 Å². The Morgan fingerprint density at radius 3 is 2.70 bits per heavy atom. The summed E-state index contributed by atoms with van der Waals surface area (Å²) in [5.41, 5.74) is -1.28. The predicted molar refractivity (Wildman–Crippen MR) is 65.5 cm³/mol. The number of nitrogens with one attached hydrogen (secondary N) is 1. The molecule has 0 spiro atoms. The monoisotopic (exact) mass is 298 g/mol. The molecule has 0 saturated heterocycles. The molecular weight excluding hydrogens is 291 g/mol. The molecular formula is C11H7FN2O5S. The first-order chi connectivity index (χ1) is 9.39. The lowest BCUT2D eigenvalue weighted by atomic mass is 10.2. The molecule has 0 aliphatic carbocycles. The van der Waals surface area contributed by atoms with E-state index in [1.807, 2.05) is 4.98 Å². The van der Waals surface area contributed by atoms with Crippen LogP contribution in [0.5, 0.6) is 5.88 Å². The van der Waals surface area contributed by atoms with Gasteiger partial charge in [0.05, 0.1) is 6.20 Å². The summed E-state index contributed by atoms with van der Waals surface area (Å²) < 4.78 is 43.0. The number of hydrogen-bond acceptors (Lipinski definition) is 5. The molecule has 0 atom stereocenters. The Balaban J connectivity index is 2.27. The summed E-state index contributed by atoms with van der Waals surface area (Å²) in [5.74, 6) is -1.32. The van der Waals surface area contributed by atoms with Crippen LogP contribution < -0.4 is 5.69 Å². The van der Waals surface area contributed by atoms with Gasteiger partial charge < -0.3 is 9.52 Å². The summed E-state index contributed by atoms with van der Waals surface area (Å²) in [7, 11) is -4.35. The number of aromatic amines is 1. The van der Waals surface area contributed by atoms with Gasteiger partial charge in [0, 0.05) is 11.5 Å². The van der Waals surface area contributed by atoms with Crippen molar-refractivity contribution in [1.29, 1.82) is 0 Å². The molecule has 104 valence electrons. The SMILES string of the molecule is O=c1[nH]c(O)cn1S(=O)(=O)c1cc2cccc(F)c2o1. The van der Waals surface area contributed by atoms with Gasteiger partial charge in [-0.1, -0.05) is 12.1 Å². The number of benzene rings is 1. The Labute approximate surface area is 110 Å². The Hall–Kier alpha value is -2.55. The van der Waals surface area contributed by atoms with E-state index in [4.69, 9.17) is 9.52 Å². The molecule has 2 aromatic heterocycles. The molecule has 0 fully saturated rings. The molecule has 9 heteroatoms. The van der Waals surface area contributed by atoms with Gasteiger partial charge in [0.2, 0.25) is 11.0 Å². The summed E-state index contributed by atoms with van der Waals surface area (Å²) in [4.78, 5) is 13.3. The van der Waals surface area contributed by atoms with E-state index >= 15 is 0 Å². The highest BCUT2D eigenvalue weighted by Gasteiger charge is 2.25. The third-order valence-corrected chi connectivity index (χ3v) is 4.16. The molecule has 0 aliphatic rings. The minimum atomic E-state index is -4.35. The van der Waals surface area contributed by atoms with Crippen LogP contribution in [0, 0.1) is 5.82 Å². The zero-order valence-corrected chi connectivity index (χ0v) is 10.5. The average molecular weight is 298 g/mol. The summed E-state index contributed by atoms with van der Waals surface area (Å²) in [6.45, 7) is 0. The normalized spacial score (nSPS) is 12.1. The van der Waals surface area contributed by atoms with Crippen LogP contribution in [-0.4, -0.2) is 22.5 Å². The van der Waals surface area contributed by atoms with E-state index in [0.717, 1.165) is 12.1 Å². The maximum Gasteiger partial charge on any atom is 0.342 e. The lowest BCUT2D eigenvalue weighted by Crippen LogP contribution is -2.24. The molecule has 0 bridgehead atoms. The van der Waals surface area contributed by atoms with E-state index in [1.165, 1.54) is 12.1 Å². The quantitative estimate of drug-likeness (QED) is 0.734. The summed E-state index contributed by atoms with van der Waals surface area (Å²) in [6.07, 6.45) is 0.696. The van der Waals surface area contributed by atoms with Crippen LogP contribution in [0.3, 0.4) is 0 Å². The average Bonchev–Trinajstić information content (AvgIpc) is 2.94. The van der Waals surface area contributed by atoms with Crippen LogP contribution in [0.1, 0.15) is 0 Å². The Morgan fingerprint density at radius 2 is 2.10 bits per heavy atom. The van der Waals surface area contributed by atoms with Crippen LogP contribution in [0.4, 0.5) is 4.39 Å². The second-order valence-electron chi connectivity index (χ2n) is 3.97.